The fourth-order valence-electron chi connectivity index (χ4n) is 3.04. The Labute approximate surface area is 175 Å². The molecule has 0 aliphatic carbocycles. The van der Waals surface area contributed by atoms with Crippen molar-refractivity contribution in [3.8, 4) is 5.75 Å². The molecule has 3 aromatic carbocycles. The van der Waals surface area contributed by atoms with Gasteiger partial charge in [-0.1, -0.05) is 36.4 Å². The molecule has 0 aromatic heterocycles. The summed E-state index contributed by atoms with van der Waals surface area (Å²) in [5.74, 6) is -0.167. The van der Waals surface area contributed by atoms with Crippen molar-refractivity contribution in [2.45, 2.75) is 18.2 Å². The Morgan fingerprint density at radius 2 is 1.70 bits per heavy atom. The van der Waals surface area contributed by atoms with E-state index in [1.54, 1.807) is 43.3 Å². The Kier molecular flexibility index (Phi) is 6.19. The van der Waals surface area contributed by atoms with Crippen molar-refractivity contribution in [2.75, 3.05) is 10.8 Å². The molecule has 3 aromatic rings. The first-order valence-corrected chi connectivity index (χ1v) is 10.7. The van der Waals surface area contributed by atoms with Gasteiger partial charge in [0.05, 0.1) is 17.2 Å². The van der Waals surface area contributed by atoms with Crippen LogP contribution in [0.3, 0.4) is 0 Å². The maximum atomic E-state index is 13.2. The Morgan fingerprint density at radius 1 is 1.03 bits per heavy atom. The minimum absolute atomic E-state index is 0.0200. The second-order valence-electron chi connectivity index (χ2n) is 6.59. The van der Waals surface area contributed by atoms with Gasteiger partial charge >= 0.3 is 0 Å². The molecule has 0 aliphatic heterocycles. The lowest BCUT2D eigenvalue weighted by Gasteiger charge is -2.23. The van der Waals surface area contributed by atoms with Gasteiger partial charge < -0.3 is 5.11 Å². The normalized spacial score (nSPS) is 10.9. The summed E-state index contributed by atoms with van der Waals surface area (Å²) in [6, 6.07) is 18.6. The quantitative estimate of drug-likeness (QED) is 0.448. The van der Waals surface area contributed by atoms with Crippen LogP contribution < -0.4 is 4.31 Å². The fourth-order valence-corrected chi connectivity index (χ4v) is 4.56. The summed E-state index contributed by atoms with van der Waals surface area (Å²) in [7, 11) is -3.89. The molecule has 0 unspecified atom stereocenters. The van der Waals surface area contributed by atoms with Crippen LogP contribution in [0.4, 0.5) is 11.4 Å². The molecular formula is C23H20N2O4S. The zero-order valence-corrected chi connectivity index (χ0v) is 17.1. The Balaban J connectivity index is 1.88. The Morgan fingerprint density at radius 3 is 2.30 bits per heavy atom. The molecule has 0 saturated carbocycles. The van der Waals surface area contributed by atoms with E-state index in [1.165, 1.54) is 40.7 Å². The molecule has 0 atom stereocenters. The van der Waals surface area contributed by atoms with E-state index in [9.17, 15) is 18.3 Å². The van der Waals surface area contributed by atoms with Crippen molar-refractivity contribution in [1.82, 2.24) is 0 Å². The number of hydrogen-bond acceptors (Lipinski definition) is 4. The van der Waals surface area contributed by atoms with E-state index in [1.807, 2.05) is 0 Å². The third-order valence-corrected chi connectivity index (χ3v) is 6.50. The number of carbonyl (C=O) groups is 1. The standard InChI is InChI=1S/C23H20N2O4S/c1-3-25(20-11-13-21(26)14-12-20)30(28,29)22-6-4-5-18(16-22)23(27)15-17-7-9-19(24-2)10-8-17/h4-14,16,26H,3,15H2,1H3. The van der Waals surface area contributed by atoms with Gasteiger partial charge in [-0.15, -0.1) is 0 Å². The summed E-state index contributed by atoms with van der Waals surface area (Å²) in [5.41, 5.74) is 1.96. The molecule has 3 rings (SSSR count). The average molecular weight is 420 g/mol. The summed E-state index contributed by atoms with van der Waals surface area (Å²) in [4.78, 5) is 16.0. The van der Waals surface area contributed by atoms with Gasteiger partial charge in [0.15, 0.2) is 11.5 Å². The minimum atomic E-state index is -3.89. The number of phenols is 1. The van der Waals surface area contributed by atoms with Crippen molar-refractivity contribution in [3.63, 3.8) is 0 Å². The van der Waals surface area contributed by atoms with Gasteiger partial charge in [0.25, 0.3) is 10.0 Å². The number of Topliss-reactive ketones (excluding diaryl/α,β-unsaturated/α-hetero) is 1. The van der Waals surface area contributed by atoms with Gasteiger partial charge in [0, 0.05) is 18.5 Å². The molecule has 0 radical (unpaired) electrons. The molecule has 0 amide bonds. The lowest BCUT2D eigenvalue weighted by atomic mass is 10.0. The molecule has 0 spiro atoms. The monoisotopic (exact) mass is 420 g/mol. The topological polar surface area (TPSA) is 79.0 Å². The number of anilines is 1. The first kappa shape index (κ1) is 21.1. The number of benzene rings is 3. The van der Waals surface area contributed by atoms with Gasteiger partial charge in [-0.25, -0.2) is 13.3 Å². The minimum Gasteiger partial charge on any atom is -0.508 e. The van der Waals surface area contributed by atoms with Gasteiger partial charge in [-0.3, -0.25) is 9.10 Å². The van der Waals surface area contributed by atoms with E-state index in [4.69, 9.17) is 6.57 Å². The molecule has 30 heavy (non-hydrogen) atoms. The first-order chi connectivity index (χ1) is 14.3. The first-order valence-electron chi connectivity index (χ1n) is 9.26. The van der Waals surface area contributed by atoms with Crippen LogP contribution in [0.5, 0.6) is 5.75 Å². The van der Waals surface area contributed by atoms with Crippen molar-refractivity contribution in [3.05, 3.63) is 95.3 Å². The van der Waals surface area contributed by atoms with Crippen LogP contribution in [-0.4, -0.2) is 25.9 Å². The predicted molar refractivity (Wildman–Crippen MR) is 115 cm³/mol. The molecular weight excluding hydrogens is 400 g/mol. The largest absolute Gasteiger partial charge is 0.508 e. The van der Waals surface area contributed by atoms with Crippen LogP contribution in [-0.2, 0) is 16.4 Å². The third kappa shape index (κ3) is 4.50. The maximum absolute atomic E-state index is 13.2. The van der Waals surface area contributed by atoms with Crippen LogP contribution in [0.25, 0.3) is 4.85 Å². The van der Waals surface area contributed by atoms with E-state index >= 15 is 0 Å². The number of nitrogens with zero attached hydrogens (tertiary/aromatic N) is 2. The van der Waals surface area contributed by atoms with Crippen LogP contribution >= 0.6 is 0 Å². The SMILES string of the molecule is [C-]#[N+]c1ccc(CC(=O)c2cccc(S(=O)(=O)N(CC)c3ccc(O)cc3)c2)cc1. The summed E-state index contributed by atoms with van der Waals surface area (Å²) >= 11 is 0. The number of rotatable bonds is 7. The molecule has 0 fully saturated rings. The zero-order valence-electron chi connectivity index (χ0n) is 16.3. The number of phenolic OH excluding ortho intramolecular Hbond substituents is 1. The molecule has 0 heterocycles. The highest BCUT2D eigenvalue weighted by atomic mass is 32.2. The number of carbonyl (C=O) groups excluding carboxylic acids is 1. The number of hydrogen-bond donors (Lipinski definition) is 1. The lowest BCUT2D eigenvalue weighted by molar-refractivity contribution is 0.0992. The number of ketones is 1. The molecule has 7 heteroatoms. The van der Waals surface area contributed by atoms with Crippen LogP contribution in [0.15, 0.2) is 77.7 Å². The molecule has 0 aliphatic rings. The smallest absolute Gasteiger partial charge is 0.264 e. The van der Waals surface area contributed by atoms with Crippen LogP contribution in [0.2, 0.25) is 0 Å². The number of sulfonamides is 1. The second kappa shape index (κ2) is 8.80. The van der Waals surface area contributed by atoms with Crippen molar-refractivity contribution in [2.24, 2.45) is 0 Å². The van der Waals surface area contributed by atoms with Gasteiger partial charge in [-0.05, 0) is 48.9 Å². The summed E-state index contributed by atoms with van der Waals surface area (Å²) < 4.78 is 27.6. The molecule has 0 bridgehead atoms. The van der Waals surface area contributed by atoms with E-state index < -0.39 is 10.0 Å². The summed E-state index contributed by atoms with van der Waals surface area (Å²) in [6.07, 6.45) is 0.108. The molecule has 6 nitrogen and oxygen atoms in total. The fraction of sp³-hybridized carbons (Fsp3) is 0.130. The highest BCUT2D eigenvalue weighted by molar-refractivity contribution is 7.92. The highest BCUT2D eigenvalue weighted by Gasteiger charge is 2.24. The van der Waals surface area contributed by atoms with Crippen LogP contribution in [0, 0.1) is 6.57 Å². The van der Waals surface area contributed by atoms with Crippen molar-refractivity contribution >= 4 is 27.2 Å². The van der Waals surface area contributed by atoms with E-state index in [-0.39, 0.29) is 29.4 Å². The zero-order chi connectivity index (χ0) is 21.7. The Hall–Kier alpha value is -3.63. The van der Waals surface area contributed by atoms with Crippen molar-refractivity contribution in [1.29, 1.82) is 0 Å². The molecule has 152 valence electrons. The van der Waals surface area contributed by atoms with E-state index in [0.29, 0.717) is 16.9 Å². The van der Waals surface area contributed by atoms with Crippen LogP contribution in [0.1, 0.15) is 22.8 Å². The van der Waals surface area contributed by atoms with Gasteiger partial charge in [0.2, 0.25) is 0 Å². The van der Waals surface area contributed by atoms with E-state index in [0.717, 1.165) is 5.56 Å². The van der Waals surface area contributed by atoms with Gasteiger partial charge in [-0.2, -0.15) is 0 Å². The van der Waals surface area contributed by atoms with Gasteiger partial charge in [0.1, 0.15) is 5.75 Å². The Bertz CT molecular complexity index is 1200. The number of aromatic hydroxyl groups is 1. The highest BCUT2D eigenvalue weighted by Crippen LogP contribution is 2.26. The van der Waals surface area contributed by atoms with E-state index in [2.05, 4.69) is 4.85 Å². The molecule has 0 saturated heterocycles. The summed E-state index contributed by atoms with van der Waals surface area (Å²) in [5, 5.41) is 9.46. The maximum Gasteiger partial charge on any atom is 0.264 e. The predicted octanol–water partition coefficient (Wildman–Crippen LogP) is 4.58. The third-order valence-electron chi connectivity index (χ3n) is 4.60. The lowest BCUT2D eigenvalue weighted by Crippen LogP contribution is -2.30. The molecule has 1 N–H and O–H groups in total. The average Bonchev–Trinajstić information content (AvgIpc) is 2.76. The van der Waals surface area contributed by atoms with Crippen molar-refractivity contribution < 1.29 is 18.3 Å². The second-order valence-corrected chi connectivity index (χ2v) is 8.45. The summed E-state index contributed by atoms with van der Waals surface area (Å²) in [6.45, 7) is 8.89.